The molecule has 0 unspecified atom stereocenters. The van der Waals surface area contributed by atoms with Crippen LogP contribution in [0.3, 0.4) is 0 Å². The average Bonchev–Trinajstić information content (AvgIpc) is 3.22. The van der Waals surface area contributed by atoms with Crippen molar-refractivity contribution in [1.29, 1.82) is 0 Å². The quantitative estimate of drug-likeness (QED) is 0.451. The highest BCUT2D eigenvalue weighted by Crippen LogP contribution is 2.41. The largest absolute Gasteiger partial charge is 0.490 e. The van der Waals surface area contributed by atoms with Gasteiger partial charge in [-0.25, -0.2) is 9.97 Å². The van der Waals surface area contributed by atoms with Crippen molar-refractivity contribution in [1.82, 2.24) is 15.0 Å². The Morgan fingerprint density at radius 2 is 1.78 bits per heavy atom. The number of benzene rings is 2. The monoisotopic (exact) mass is 424 g/mol. The molecule has 2 aliphatic rings. The van der Waals surface area contributed by atoms with Crippen molar-refractivity contribution >= 4 is 16.7 Å². The third-order valence-corrected chi connectivity index (χ3v) is 6.18. The molecule has 2 aromatic heterocycles. The number of para-hydroxylation sites is 1. The highest BCUT2D eigenvalue weighted by Gasteiger charge is 2.30. The molecule has 0 saturated carbocycles. The molecule has 1 saturated heterocycles. The van der Waals surface area contributed by atoms with Gasteiger partial charge in [0.2, 0.25) is 0 Å². The van der Waals surface area contributed by atoms with Crippen LogP contribution in [0, 0.1) is 0 Å². The van der Waals surface area contributed by atoms with Crippen LogP contribution in [0.4, 0.5) is 5.82 Å². The van der Waals surface area contributed by atoms with Gasteiger partial charge in [0.1, 0.15) is 5.82 Å². The summed E-state index contributed by atoms with van der Waals surface area (Å²) in [7, 11) is 0. The molecule has 6 heteroatoms. The zero-order chi connectivity index (χ0) is 21.3. The van der Waals surface area contributed by atoms with E-state index in [9.17, 15) is 0 Å². The number of rotatable bonds is 3. The second kappa shape index (κ2) is 8.11. The molecule has 6 nitrogen and oxygen atoms in total. The Morgan fingerprint density at radius 1 is 0.875 bits per heavy atom. The fourth-order valence-electron chi connectivity index (χ4n) is 4.66. The standard InChI is InChI=1S/C26H24N4O2/c1-2-8-21-20(7-1)26(29-25(28-21)19-6-3-12-27-17-19)30-13-4-9-22(30)18-10-11-23-24(16-18)32-15-5-14-31-23/h1-3,6-8,10-12,16-17,22H,4-5,9,13-15H2/t22-/m0/s1. The first-order valence-corrected chi connectivity index (χ1v) is 11.2. The van der Waals surface area contributed by atoms with E-state index in [1.54, 1.807) is 6.20 Å². The molecule has 4 heterocycles. The van der Waals surface area contributed by atoms with Gasteiger partial charge in [-0.15, -0.1) is 0 Å². The van der Waals surface area contributed by atoms with Crippen LogP contribution in [-0.4, -0.2) is 34.7 Å². The Morgan fingerprint density at radius 3 is 2.69 bits per heavy atom. The SMILES string of the molecule is c1cncc(-c2nc(N3CCC[C@H]3c3ccc4c(c3)OCCCO4)c3ccccc3n2)c1. The minimum atomic E-state index is 0.229. The molecule has 0 bridgehead atoms. The van der Waals surface area contributed by atoms with Crippen molar-refractivity contribution in [2.75, 3.05) is 24.7 Å². The summed E-state index contributed by atoms with van der Waals surface area (Å²) in [6.45, 7) is 2.34. The van der Waals surface area contributed by atoms with Gasteiger partial charge < -0.3 is 14.4 Å². The summed E-state index contributed by atoms with van der Waals surface area (Å²) < 4.78 is 11.8. The lowest BCUT2D eigenvalue weighted by atomic mass is 10.0. The maximum atomic E-state index is 5.96. The predicted molar refractivity (Wildman–Crippen MR) is 124 cm³/mol. The minimum absolute atomic E-state index is 0.229. The third-order valence-electron chi connectivity index (χ3n) is 6.18. The van der Waals surface area contributed by atoms with Gasteiger partial charge in [0.15, 0.2) is 17.3 Å². The summed E-state index contributed by atoms with van der Waals surface area (Å²) in [6.07, 6.45) is 6.68. The van der Waals surface area contributed by atoms with Gasteiger partial charge in [-0.05, 0) is 54.8 Å². The summed E-state index contributed by atoms with van der Waals surface area (Å²) in [5.41, 5.74) is 3.10. The Balaban J connectivity index is 1.45. The maximum absolute atomic E-state index is 5.96. The summed E-state index contributed by atoms with van der Waals surface area (Å²) in [5.74, 6) is 3.36. The fourth-order valence-corrected chi connectivity index (χ4v) is 4.66. The molecule has 0 N–H and O–H groups in total. The Kier molecular flexibility index (Phi) is 4.83. The summed E-state index contributed by atoms with van der Waals surface area (Å²) in [6, 6.07) is 18.8. The number of hydrogen-bond donors (Lipinski definition) is 0. The van der Waals surface area contributed by atoms with Crippen molar-refractivity contribution in [3.63, 3.8) is 0 Å². The van der Waals surface area contributed by atoms with Gasteiger partial charge in [0.25, 0.3) is 0 Å². The number of anilines is 1. The number of fused-ring (bicyclic) bond motifs is 2. The van der Waals surface area contributed by atoms with E-state index < -0.39 is 0 Å². The Labute approximate surface area is 186 Å². The van der Waals surface area contributed by atoms with Crippen LogP contribution in [0.5, 0.6) is 11.5 Å². The molecule has 0 aliphatic carbocycles. The molecule has 6 rings (SSSR count). The van der Waals surface area contributed by atoms with E-state index in [4.69, 9.17) is 19.4 Å². The van der Waals surface area contributed by atoms with E-state index in [0.29, 0.717) is 19.0 Å². The topological polar surface area (TPSA) is 60.4 Å². The number of hydrogen-bond acceptors (Lipinski definition) is 6. The highest BCUT2D eigenvalue weighted by molar-refractivity contribution is 5.91. The second-order valence-corrected chi connectivity index (χ2v) is 8.24. The summed E-state index contributed by atoms with van der Waals surface area (Å²) in [4.78, 5) is 16.6. The molecule has 1 atom stereocenters. The summed E-state index contributed by atoms with van der Waals surface area (Å²) in [5, 5.41) is 1.07. The van der Waals surface area contributed by atoms with Crippen molar-refractivity contribution < 1.29 is 9.47 Å². The van der Waals surface area contributed by atoms with Crippen LogP contribution in [0.2, 0.25) is 0 Å². The third kappa shape index (κ3) is 3.42. The number of pyridine rings is 1. The van der Waals surface area contributed by atoms with Crippen LogP contribution in [0.1, 0.15) is 30.9 Å². The first kappa shape index (κ1) is 19.0. The molecule has 2 aliphatic heterocycles. The second-order valence-electron chi connectivity index (χ2n) is 8.24. The van der Waals surface area contributed by atoms with E-state index >= 15 is 0 Å². The molecule has 4 aromatic rings. The molecule has 0 amide bonds. The van der Waals surface area contributed by atoms with Crippen molar-refractivity contribution in [3.8, 4) is 22.9 Å². The first-order chi connectivity index (χ1) is 15.9. The van der Waals surface area contributed by atoms with Gasteiger partial charge >= 0.3 is 0 Å². The van der Waals surface area contributed by atoms with Gasteiger partial charge in [-0.3, -0.25) is 4.98 Å². The zero-order valence-electron chi connectivity index (χ0n) is 17.8. The van der Waals surface area contributed by atoms with Crippen molar-refractivity contribution in [3.05, 3.63) is 72.6 Å². The zero-order valence-corrected chi connectivity index (χ0v) is 17.8. The number of ether oxygens (including phenoxy) is 2. The lowest BCUT2D eigenvalue weighted by Gasteiger charge is -2.28. The molecule has 1 fully saturated rings. The minimum Gasteiger partial charge on any atom is -0.490 e. The smallest absolute Gasteiger partial charge is 0.163 e. The van der Waals surface area contributed by atoms with Gasteiger partial charge in [0, 0.05) is 36.3 Å². The van der Waals surface area contributed by atoms with Gasteiger partial charge in [0.05, 0.1) is 24.8 Å². The maximum Gasteiger partial charge on any atom is 0.163 e. The van der Waals surface area contributed by atoms with Crippen LogP contribution >= 0.6 is 0 Å². The normalized spacial score (nSPS) is 18.0. The summed E-state index contributed by atoms with van der Waals surface area (Å²) >= 11 is 0. The number of aromatic nitrogens is 3. The Bertz CT molecular complexity index is 1260. The molecule has 0 radical (unpaired) electrons. The van der Waals surface area contributed by atoms with E-state index in [1.165, 1.54) is 5.56 Å². The lowest BCUT2D eigenvalue weighted by molar-refractivity contribution is 0.297. The van der Waals surface area contributed by atoms with Crippen LogP contribution < -0.4 is 14.4 Å². The van der Waals surface area contributed by atoms with E-state index in [1.807, 2.05) is 30.5 Å². The van der Waals surface area contributed by atoms with Crippen molar-refractivity contribution in [2.24, 2.45) is 0 Å². The first-order valence-electron chi connectivity index (χ1n) is 11.2. The lowest BCUT2D eigenvalue weighted by Crippen LogP contribution is -2.24. The Hall–Kier alpha value is -3.67. The number of nitrogens with zero attached hydrogens (tertiary/aromatic N) is 4. The molecule has 2 aromatic carbocycles. The average molecular weight is 425 g/mol. The van der Waals surface area contributed by atoms with E-state index in [2.05, 4.69) is 40.2 Å². The molecule has 0 spiro atoms. The highest BCUT2D eigenvalue weighted by atomic mass is 16.5. The van der Waals surface area contributed by atoms with Gasteiger partial charge in [-0.1, -0.05) is 18.2 Å². The van der Waals surface area contributed by atoms with Crippen LogP contribution in [-0.2, 0) is 0 Å². The van der Waals surface area contributed by atoms with Crippen molar-refractivity contribution in [2.45, 2.75) is 25.3 Å². The van der Waals surface area contributed by atoms with E-state index in [-0.39, 0.29) is 6.04 Å². The molecular weight excluding hydrogens is 400 g/mol. The van der Waals surface area contributed by atoms with Crippen LogP contribution in [0.15, 0.2) is 67.0 Å². The van der Waals surface area contributed by atoms with E-state index in [0.717, 1.165) is 59.6 Å². The predicted octanol–water partition coefficient (Wildman–Crippen LogP) is 5.19. The molecule has 32 heavy (non-hydrogen) atoms. The fraction of sp³-hybridized carbons (Fsp3) is 0.269. The molecular formula is C26H24N4O2. The van der Waals surface area contributed by atoms with Crippen LogP contribution in [0.25, 0.3) is 22.3 Å². The van der Waals surface area contributed by atoms with Gasteiger partial charge in [-0.2, -0.15) is 0 Å². The molecule has 160 valence electrons.